The van der Waals surface area contributed by atoms with E-state index in [-0.39, 0.29) is 12.5 Å². The molecule has 1 aliphatic heterocycles. The van der Waals surface area contributed by atoms with Crippen LogP contribution >= 0.6 is 11.6 Å². The van der Waals surface area contributed by atoms with E-state index < -0.39 is 0 Å². The molecule has 0 aromatic carbocycles. The Balaban J connectivity index is 2.11. The van der Waals surface area contributed by atoms with Gasteiger partial charge in [-0.2, -0.15) is 0 Å². The zero-order valence-electron chi connectivity index (χ0n) is 11.6. The highest BCUT2D eigenvalue weighted by atomic mass is 35.5. The van der Waals surface area contributed by atoms with E-state index in [1.54, 1.807) is 17.0 Å². The first-order valence-corrected chi connectivity index (χ1v) is 7.34. The molecule has 1 fully saturated rings. The monoisotopic (exact) mass is 297 g/mol. The van der Waals surface area contributed by atoms with Gasteiger partial charge in [0.2, 0.25) is 0 Å². The lowest BCUT2D eigenvalue weighted by Gasteiger charge is -2.17. The molecule has 1 aromatic heterocycles. The Hall–Kier alpha value is -1.33. The van der Waals surface area contributed by atoms with Crippen molar-refractivity contribution in [2.24, 2.45) is 5.92 Å². The Bertz CT molecular complexity index is 481. The van der Waals surface area contributed by atoms with Crippen molar-refractivity contribution in [3.8, 4) is 0 Å². The molecule has 1 amide bonds. The standard InChI is InChI=1S/C14H20ClN3O2/c1-2-16-12-4-3-11(15)13(17-12)14(20)18-7-5-10(9-18)6-8-19/h3-4,10,19H,2,5-9H2,1H3,(H,16,17). The van der Waals surface area contributed by atoms with Crippen molar-refractivity contribution in [2.75, 3.05) is 31.6 Å². The summed E-state index contributed by atoms with van der Waals surface area (Å²) in [5.41, 5.74) is 0.301. The lowest BCUT2D eigenvalue weighted by molar-refractivity contribution is 0.0779. The van der Waals surface area contributed by atoms with Gasteiger partial charge in [-0.05, 0) is 37.8 Å². The number of amides is 1. The van der Waals surface area contributed by atoms with Gasteiger partial charge in [0.25, 0.3) is 5.91 Å². The molecule has 2 N–H and O–H groups in total. The van der Waals surface area contributed by atoms with E-state index >= 15 is 0 Å². The summed E-state index contributed by atoms with van der Waals surface area (Å²) in [7, 11) is 0. The number of pyridine rings is 1. The maximum absolute atomic E-state index is 12.5. The van der Waals surface area contributed by atoms with E-state index in [1.807, 2.05) is 6.92 Å². The third kappa shape index (κ3) is 3.41. The zero-order valence-corrected chi connectivity index (χ0v) is 12.4. The number of carbonyl (C=O) groups is 1. The lowest BCUT2D eigenvalue weighted by Crippen LogP contribution is -2.30. The summed E-state index contributed by atoms with van der Waals surface area (Å²) in [6.07, 6.45) is 1.67. The number of hydrogen-bond acceptors (Lipinski definition) is 4. The van der Waals surface area contributed by atoms with Crippen LogP contribution in [0.4, 0.5) is 5.82 Å². The summed E-state index contributed by atoms with van der Waals surface area (Å²) in [4.78, 5) is 18.5. The van der Waals surface area contributed by atoms with Crippen molar-refractivity contribution in [3.63, 3.8) is 0 Å². The van der Waals surface area contributed by atoms with Crippen LogP contribution in [0.25, 0.3) is 0 Å². The molecule has 0 spiro atoms. The second-order valence-electron chi connectivity index (χ2n) is 4.98. The minimum Gasteiger partial charge on any atom is -0.396 e. The lowest BCUT2D eigenvalue weighted by atomic mass is 10.1. The van der Waals surface area contributed by atoms with Gasteiger partial charge in [0.05, 0.1) is 5.02 Å². The van der Waals surface area contributed by atoms with Crippen molar-refractivity contribution in [3.05, 3.63) is 22.8 Å². The number of aliphatic hydroxyl groups is 1. The number of anilines is 1. The molecular formula is C14H20ClN3O2. The van der Waals surface area contributed by atoms with Crippen molar-refractivity contribution in [1.82, 2.24) is 9.88 Å². The number of aromatic nitrogens is 1. The normalized spacial score (nSPS) is 18.4. The number of aliphatic hydroxyl groups excluding tert-OH is 1. The minimum atomic E-state index is -0.129. The fourth-order valence-electron chi connectivity index (χ4n) is 2.46. The number of nitrogens with one attached hydrogen (secondary N) is 1. The highest BCUT2D eigenvalue weighted by Gasteiger charge is 2.28. The van der Waals surface area contributed by atoms with Gasteiger partial charge in [-0.1, -0.05) is 11.6 Å². The third-order valence-corrected chi connectivity index (χ3v) is 3.82. The first-order valence-electron chi connectivity index (χ1n) is 6.96. The highest BCUT2D eigenvalue weighted by Crippen LogP contribution is 2.24. The van der Waals surface area contributed by atoms with E-state index in [9.17, 15) is 4.79 Å². The topological polar surface area (TPSA) is 65.5 Å². The zero-order chi connectivity index (χ0) is 14.5. The van der Waals surface area contributed by atoms with Crippen LogP contribution in [-0.4, -0.2) is 47.1 Å². The number of nitrogens with zero attached hydrogens (tertiary/aromatic N) is 2. The number of likely N-dealkylation sites (tertiary alicyclic amines) is 1. The summed E-state index contributed by atoms with van der Waals surface area (Å²) in [5, 5.41) is 12.4. The Kier molecular flexibility index (Phi) is 5.20. The maximum atomic E-state index is 12.5. The SMILES string of the molecule is CCNc1ccc(Cl)c(C(=O)N2CCC(CCO)C2)n1. The predicted molar refractivity (Wildman–Crippen MR) is 79.1 cm³/mol. The molecule has 2 heterocycles. The van der Waals surface area contributed by atoms with Crippen molar-refractivity contribution in [2.45, 2.75) is 19.8 Å². The summed E-state index contributed by atoms with van der Waals surface area (Å²) in [5.74, 6) is 0.904. The molecule has 2 rings (SSSR count). The quantitative estimate of drug-likeness (QED) is 0.872. The van der Waals surface area contributed by atoms with Gasteiger partial charge >= 0.3 is 0 Å². The molecule has 1 unspecified atom stereocenters. The molecule has 20 heavy (non-hydrogen) atoms. The van der Waals surface area contributed by atoms with Crippen LogP contribution in [0.5, 0.6) is 0 Å². The average Bonchev–Trinajstić information content (AvgIpc) is 2.89. The van der Waals surface area contributed by atoms with E-state index in [4.69, 9.17) is 16.7 Å². The third-order valence-electron chi connectivity index (χ3n) is 3.52. The van der Waals surface area contributed by atoms with E-state index in [0.29, 0.717) is 35.5 Å². The molecule has 6 heteroatoms. The van der Waals surface area contributed by atoms with Crippen LogP contribution in [0.3, 0.4) is 0 Å². The molecule has 5 nitrogen and oxygen atoms in total. The molecule has 1 aromatic rings. The number of carbonyl (C=O) groups excluding carboxylic acids is 1. The fourth-order valence-corrected chi connectivity index (χ4v) is 2.64. The van der Waals surface area contributed by atoms with Gasteiger partial charge in [0.15, 0.2) is 0 Å². The van der Waals surface area contributed by atoms with Crippen LogP contribution in [0.15, 0.2) is 12.1 Å². The van der Waals surface area contributed by atoms with Crippen LogP contribution in [0.2, 0.25) is 5.02 Å². The molecule has 1 aliphatic rings. The van der Waals surface area contributed by atoms with E-state index in [0.717, 1.165) is 19.4 Å². The molecule has 1 saturated heterocycles. The van der Waals surface area contributed by atoms with Gasteiger partial charge in [-0.15, -0.1) is 0 Å². The molecule has 110 valence electrons. The maximum Gasteiger partial charge on any atom is 0.274 e. The van der Waals surface area contributed by atoms with Gasteiger partial charge in [-0.3, -0.25) is 4.79 Å². The Morgan fingerprint density at radius 2 is 2.40 bits per heavy atom. The van der Waals surface area contributed by atoms with Crippen molar-refractivity contribution >= 4 is 23.3 Å². The van der Waals surface area contributed by atoms with Crippen LogP contribution in [-0.2, 0) is 0 Å². The largest absolute Gasteiger partial charge is 0.396 e. The first kappa shape index (κ1) is 15.1. The predicted octanol–water partition coefficient (Wildman–Crippen LogP) is 2.01. The molecular weight excluding hydrogens is 278 g/mol. The summed E-state index contributed by atoms with van der Waals surface area (Å²) in [6, 6.07) is 3.46. The molecule has 0 bridgehead atoms. The molecule has 1 atom stereocenters. The molecule has 0 radical (unpaired) electrons. The second kappa shape index (κ2) is 6.90. The van der Waals surface area contributed by atoms with Crippen LogP contribution < -0.4 is 5.32 Å². The first-order chi connectivity index (χ1) is 9.65. The van der Waals surface area contributed by atoms with Gasteiger partial charge < -0.3 is 15.3 Å². The van der Waals surface area contributed by atoms with Crippen LogP contribution in [0, 0.1) is 5.92 Å². The summed E-state index contributed by atoms with van der Waals surface area (Å²) >= 11 is 6.09. The number of rotatable bonds is 5. The van der Waals surface area contributed by atoms with Gasteiger partial charge in [0.1, 0.15) is 11.5 Å². The highest BCUT2D eigenvalue weighted by molar-refractivity contribution is 6.33. The van der Waals surface area contributed by atoms with Crippen LogP contribution in [0.1, 0.15) is 30.3 Å². The fraction of sp³-hybridized carbons (Fsp3) is 0.571. The smallest absolute Gasteiger partial charge is 0.274 e. The Morgan fingerprint density at radius 3 is 3.10 bits per heavy atom. The average molecular weight is 298 g/mol. The van der Waals surface area contributed by atoms with Gasteiger partial charge in [-0.25, -0.2) is 4.98 Å². The summed E-state index contributed by atoms with van der Waals surface area (Å²) in [6.45, 7) is 4.25. The van der Waals surface area contributed by atoms with E-state index in [1.165, 1.54) is 0 Å². The Labute approximate surface area is 123 Å². The number of hydrogen-bond donors (Lipinski definition) is 2. The molecule has 0 aliphatic carbocycles. The van der Waals surface area contributed by atoms with Gasteiger partial charge in [0, 0.05) is 26.2 Å². The molecule has 0 saturated carbocycles. The van der Waals surface area contributed by atoms with Crippen molar-refractivity contribution < 1.29 is 9.90 Å². The second-order valence-corrected chi connectivity index (χ2v) is 5.38. The summed E-state index contributed by atoms with van der Waals surface area (Å²) < 4.78 is 0. The number of halogens is 1. The van der Waals surface area contributed by atoms with E-state index in [2.05, 4.69) is 10.3 Å². The van der Waals surface area contributed by atoms with Crippen molar-refractivity contribution in [1.29, 1.82) is 0 Å². The minimum absolute atomic E-state index is 0.129. The Morgan fingerprint density at radius 1 is 1.60 bits per heavy atom.